The van der Waals surface area contributed by atoms with E-state index in [-0.39, 0.29) is 29.5 Å². The molecule has 0 radical (unpaired) electrons. The minimum atomic E-state index is -0.444. The molecule has 0 atom stereocenters. The van der Waals surface area contributed by atoms with Crippen LogP contribution in [0.1, 0.15) is 86.5 Å². The Morgan fingerprint density at radius 3 is 0.968 bits per heavy atom. The minimum absolute atomic E-state index is 0.124. The highest BCUT2D eigenvalue weighted by Gasteiger charge is 2.19. The molecule has 0 spiro atoms. The lowest BCUT2D eigenvalue weighted by atomic mass is 10.1. The Morgan fingerprint density at radius 2 is 0.611 bits per heavy atom. The Hall–Kier alpha value is -16.4. The number of halogens is 3. The maximum atomic E-state index is 14.0. The number of nitrogens with zero attached hydrogens (tertiary/aromatic N) is 15. The summed E-state index contributed by atoms with van der Waals surface area (Å²) in [6.07, 6.45) is 35.1. The van der Waals surface area contributed by atoms with E-state index in [0.29, 0.717) is 83.1 Å². The zero-order valence-electron chi connectivity index (χ0n) is 69.8. The highest BCUT2D eigenvalue weighted by molar-refractivity contribution is 6.34. The van der Waals surface area contributed by atoms with Crippen molar-refractivity contribution in [1.82, 2.24) is 49.8 Å². The fourth-order valence-corrected chi connectivity index (χ4v) is 12.8. The van der Waals surface area contributed by atoms with Crippen LogP contribution in [-0.2, 0) is 0 Å². The molecule has 126 heavy (non-hydrogen) atoms. The van der Waals surface area contributed by atoms with Gasteiger partial charge in [0.1, 0.15) is 37.5 Å². The number of anilines is 15. The average Bonchev–Trinajstić information content (AvgIpc) is 0.828. The molecular formula is C98H85Cl2FN20O5. The molecule has 5 heterocycles. The SMILES string of the molecule is C#Cc1cccc(C(=O)Nc2ccc(Cl)c(N(C)c3cncnc3)c2)c1.C#Cc1cccc(C(=O)Nc2cccc(N(CC)c3cncnc3)c2)c1.Cc1cccc(C(=O)Nc2cc(F)cc(N(C)c3cncnc3)c2)c1.Cc1cccc(C(=O)Nc2ccc(Cl)c(N(C)c3cncnc3)c2)c1.Cc1cccc(C(=O)Nc2cccc(N(C)c3cncnc3)c2)c1. The molecule has 15 rings (SSSR count). The summed E-state index contributed by atoms with van der Waals surface area (Å²) in [5.74, 6) is 3.59. The van der Waals surface area contributed by atoms with Crippen LogP contribution in [0.25, 0.3) is 0 Å². The highest BCUT2D eigenvalue weighted by Crippen LogP contribution is 2.36. The Kier molecular flexibility index (Phi) is 32.1. The molecule has 0 aliphatic rings. The van der Waals surface area contributed by atoms with Crippen molar-refractivity contribution in [1.29, 1.82) is 0 Å². The molecule has 5 N–H and O–H groups in total. The van der Waals surface area contributed by atoms with Crippen molar-refractivity contribution < 1.29 is 28.4 Å². The molecule has 0 fully saturated rings. The molecule has 5 amide bonds. The van der Waals surface area contributed by atoms with Crippen molar-refractivity contribution in [3.05, 3.63) is 390 Å². The highest BCUT2D eigenvalue weighted by atomic mass is 35.5. The smallest absolute Gasteiger partial charge is 0.255 e. The minimum Gasteiger partial charge on any atom is -0.342 e. The third-order valence-electron chi connectivity index (χ3n) is 18.9. The first kappa shape index (κ1) is 90.3. The third-order valence-corrected chi connectivity index (χ3v) is 19.5. The van der Waals surface area contributed by atoms with Crippen LogP contribution in [0.15, 0.2) is 318 Å². The van der Waals surface area contributed by atoms with Crippen molar-refractivity contribution >= 4 is 138 Å². The molecule has 0 bridgehead atoms. The number of hydrogen-bond acceptors (Lipinski definition) is 20. The van der Waals surface area contributed by atoms with E-state index in [1.54, 1.807) is 183 Å². The van der Waals surface area contributed by atoms with Crippen LogP contribution in [0.2, 0.25) is 10.0 Å². The number of aryl methyl sites for hydroxylation is 3. The number of carbonyl (C=O) groups excluding carboxylic acids is 5. The first-order valence-corrected chi connectivity index (χ1v) is 39.7. The van der Waals surface area contributed by atoms with Crippen molar-refractivity contribution in [2.24, 2.45) is 0 Å². The zero-order valence-corrected chi connectivity index (χ0v) is 71.3. The predicted molar refractivity (Wildman–Crippen MR) is 499 cm³/mol. The molecule has 28 heteroatoms. The van der Waals surface area contributed by atoms with E-state index >= 15 is 0 Å². The average molecular weight is 1710 g/mol. The molecule has 628 valence electrons. The Labute approximate surface area is 739 Å². The summed E-state index contributed by atoms with van der Waals surface area (Å²) in [5, 5.41) is 15.5. The summed E-state index contributed by atoms with van der Waals surface area (Å²) >= 11 is 12.6. The predicted octanol–water partition coefficient (Wildman–Crippen LogP) is 20.2. The van der Waals surface area contributed by atoms with Crippen LogP contribution in [0.3, 0.4) is 0 Å². The third kappa shape index (κ3) is 25.8. The normalized spacial score (nSPS) is 10.2. The molecule has 5 aromatic heterocycles. The lowest BCUT2D eigenvalue weighted by molar-refractivity contribution is 0.101. The number of nitrogens with one attached hydrogen (secondary N) is 5. The molecule has 25 nitrogen and oxygen atoms in total. The van der Waals surface area contributed by atoms with E-state index in [0.717, 1.165) is 74.4 Å². The molecule has 0 unspecified atom stereocenters. The van der Waals surface area contributed by atoms with Gasteiger partial charge in [0.2, 0.25) is 0 Å². The van der Waals surface area contributed by atoms with Gasteiger partial charge in [0.15, 0.2) is 0 Å². The van der Waals surface area contributed by atoms with Gasteiger partial charge in [0.25, 0.3) is 29.5 Å². The van der Waals surface area contributed by atoms with Gasteiger partial charge in [-0.05, 0) is 191 Å². The van der Waals surface area contributed by atoms with Crippen molar-refractivity contribution in [3.63, 3.8) is 0 Å². The Balaban J connectivity index is 0.000000153. The first-order chi connectivity index (χ1) is 61.0. The summed E-state index contributed by atoms with van der Waals surface area (Å²) < 4.78 is 14.0. The number of hydrogen-bond donors (Lipinski definition) is 5. The van der Waals surface area contributed by atoms with Crippen LogP contribution in [0.4, 0.5) is 89.7 Å². The van der Waals surface area contributed by atoms with Gasteiger partial charge in [-0.1, -0.05) is 112 Å². The van der Waals surface area contributed by atoms with Gasteiger partial charge in [-0.2, -0.15) is 0 Å². The van der Waals surface area contributed by atoms with Crippen molar-refractivity contribution in [2.45, 2.75) is 27.7 Å². The standard InChI is InChI=1S/C21H18N4O.C20H15ClN4O.C19H17ClN4O.C19H17FN4O.C19H18N4O/c1-3-16-7-5-8-17(11-16)21(26)24-18-9-6-10-19(12-18)25(4-2)20-13-22-15-23-14-20;1-3-14-5-4-6-15(9-14)20(26)24-16-7-8-18(21)19(10-16)25(2)17-11-22-13-23-12-17;1-13-4-3-5-14(8-13)19(25)23-15-6-7-17(20)18(9-15)24(2)16-10-21-12-22-11-16;1-13-4-3-5-14(6-13)19(25)23-16-7-15(20)8-17(9-16)24(2)18-10-21-12-22-11-18;1-14-5-3-6-15(9-14)19(24)22-16-7-4-8-17(10-16)23(2)18-11-20-13-21-12-18/h1,5-15H,4H2,2H3,(H,24,26);1,4-13H,2H3,(H,24,26);2*3-12H,1-2H3,(H,23,25);3-13H,1-2H3,(H,22,24). The maximum Gasteiger partial charge on any atom is 0.255 e. The van der Waals surface area contributed by atoms with Gasteiger partial charge in [0, 0.05) is 119 Å². The summed E-state index contributed by atoms with van der Waals surface area (Å²) in [5.41, 5.74) is 18.3. The fraction of sp³-hybridized carbons (Fsp3) is 0.0918. The number of aromatic nitrogens is 10. The largest absolute Gasteiger partial charge is 0.342 e. The molecular weight excluding hydrogens is 1630 g/mol. The molecule has 0 aliphatic heterocycles. The summed E-state index contributed by atoms with van der Waals surface area (Å²) in [6.45, 7) is 8.62. The number of rotatable bonds is 21. The van der Waals surface area contributed by atoms with E-state index in [2.05, 4.69) is 93.2 Å². The maximum absolute atomic E-state index is 14.0. The molecule has 0 saturated heterocycles. The van der Waals surface area contributed by atoms with Gasteiger partial charge in [-0.15, -0.1) is 12.8 Å². The van der Waals surface area contributed by atoms with Crippen LogP contribution in [-0.4, -0.2) is 114 Å². The quantitative estimate of drug-likeness (QED) is 0.0418. The lowest BCUT2D eigenvalue weighted by Crippen LogP contribution is -2.17. The van der Waals surface area contributed by atoms with E-state index in [1.165, 1.54) is 43.8 Å². The number of amides is 5. The molecule has 15 aromatic rings. The topological polar surface area (TPSA) is 291 Å². The molecule has 10 aromatic carbocycles. The van der Waals surface area contributed by atoms with E-state index in [4.69, 9.17) is 36.0 Å². The van der Waals surface area contributed by atoms with Gasteiger partial charge < -0.3 is 51.1 Å². The number of benzene rings is 10. The second-order valence-corrected chi connectivity index (χ2v) is 28.7. The summed E-state index contributed by atoms with van der Waals surface area (Å²) in [4.78, 5) is 112. The number of terminal acetylenes is 2. The van der Waals surface area contributed by atoms with Crippen LogP contribution < -0.4 is 51.1 Å². The van der Waals surface area contributed by atoms with Gasteiger partial charge >= 0.3 is 0 Å². The van der Waals surface area contributed by atoms with Crippen molar-refractivity contribution in [2.75, 3.05) is 85.8 Å². The zero-order chi connectivity index (χ0) is 89.4. The van der Waals surface area contributed by atoms with Gasteiger partial charge in [0.05, 0.1) is 112 Å². The Morgan fingerprint density at radius 1 is 0.317 bits per heavy atom. The van der Waals surface area contributed by atoms with Crippen LogP contribution in [0.5, 0.6) is 0 Å². The van der Waals surface area contributed by atoms with Crippen molar-refractivity contribution in [3.8, 4) is 24.7 Å². The molecule has 0 saturated carbocycles. The van der Waals surface area contributed by atoms with E-state index in [1.807, 2.05) is 167 Å². The van der Waals surface area contributed by atoms with Crippen LogP contribution >= 0.6 is 23.2 Å². The summed E-state index contributed by atoms with van der Waals surface area (Å²) in [7, 11) is 7.42. The second-order valence-electron chi connectivity index (χ2n) is 27.9. The Bertz CT molecular complexity index is 6360. The van der Waals surface area contributed by atoms with Gasteiger partial charge in [-0.3, -0.25) is 24.0 Å². The number of carbonyl (C=O) groups is 5. The van der Waals surface area contributed by atoms with E-state index < -0.39 is 5.82 Å². The molecule has 0 aliphatic carbocycles. The fourth-order valence-electron chi connectivity index (χ4n) is 12.3. The van der Waals surface area contributed by atoms with E-state index in [9.17, 15) is 28.4 Å². The second kappa shape index (κ2) is 44.7. The lowest BCUT2D eigenvalue weighted by Gasteiger charge is -2.23. The van der Waals surface area contributed by atoms with Crippen LogP contribution in [0, 0.1) is 51.3 Å². The monoisotopic (exact) mass is 1710 g/mol. The summed E-state index contributed by atoms with van der Waals surface area (Å²) in [6, 6.07) is 66.3. The first-order valence-electron chi connectivity index (χ1n) is 39.0. The van der Waals surface area contributed by atoms with Gasteiger partial charge in [-0.25, -0.2) is 54.2 Å².